The van der Waals surface area contributed by atoms with Gasteiger partial charge < -0.3 is 14.5 Å². The van der Waals surface area contributed by atoms with Gasteiger partial charge in [0.2, 0.25) is 5.91 Å². The molecule has 0 saturated carbocycles. The predicted octanol–water partition coefficient (Wildman–Crippen LogP) is 1.21. The molecule has 106 valence electrons. The molecule has 2 atom stereocenters. The Bertz CT molecular complexity index is 538. The van der Waals surface area contributed by atoms with Crippen molar-refractivity contribution in [3.8, 4) is 6.07 Å². The van der Waals surface area contributed by atoms with Crippen LogP contribution in [0.4, 0.5) is 0 Å². The van der Waals surface area contributed by atoms with Crippen molar-refractivity contribution in [2.75, 3.05) is 13.2 Å². The molecule has 6 heteroatoms. The Labute approximate surface area is 116 Å². The van der Waals surface area contributed by atoms with Crippen LogP contribution in [0.2, 0.25) is 0 Å². The SMILES string of the molecule is Cc1occc1C(=O)C(C#N)C(=O)NCC1CCCO1. The highest BCUT2D eigenvalue weighted by atomic mass is 16.5. The molecular formula is C14H16N2O4. The number of carbonyl (C=O) groups is 2. The van der Waals surface area contributed by atoms with Crippen molar-refractivity contribution in [3.05, 3.63) is 23.7 Å². The van der Waals surface area contributed by atoms with Gasteiger partial charge in [-0.1, -0.05) is 0 Å². The number of hydrogen-bond acceptors (Lipinski definition) is 5. The average molecular weight is 276 g/mol. The number of Topliss-reactive ketones (excluding diaryl/α,β-unsaturated/α-hetero) is 1. The van der Waals surface area contributed by atoms with Gasteiger partial charge in [0.05, 0.1) is 24.0 Å². The van der Waals surface area contributed by atoms with Gasteiger partial charge in [0, 0.05) is 13.2 Å². The lowest BCUT2D eigenvalue weighted by molar-refractivity contribution is -0.122. The number of nitrogens with one attached hydrogen (secondary N) is 1. The molecule has 20 heavy (non-hydrogen) atoms. The molecule has 0 spiro atoms. The van der Waals surface area contributed by atoms with E-state index in [9.17, 15) is 9.59 Å². The van der Waals surface area contributed by atoms with Gasteiger partial charge in [-0.2, -0.15) is 5.26 Å². The normalized spacial score (nSPS) is 19.3. The second kappa shape index (κ2) is 6.35. The minimum atomic E-state index is -1.35. The van der Waals surface area contributed by atoms with E-state index >= 15 is 0 Å². The number of nitrogens with zero attached hydrogens (tertiary/aromatic N) is 1. The first-order valence-electron chi connectivity index (χ1n) is 6.50. The lowest BCUT2D eigenvalue weighted by Crippen LogP contribution is -2.38. The first-order valence-corrected chi connectivity index (χ1v) is 6.50. The van der Waals surface area contributed by atoms with E-state index in [1.807, 2.05) is 0 Å². The van der Waals surface area contributed by atoms with E-state index in [4.69, 9.17) is 14.4 Å². The van der Waals surface area contributed by atoms with E-state index in [1.165, 1.54) is 12.3 Å². The molecule has 0 aliphatic carbocycles. The van der Waals surface area contributed by atoms with Gasteiger partial charge in [0.25, 0.3) is 0 Å². The van der Waals surface area contributed by atoms with E-state index in [-0.39, 0.29) is 11.7 Å². The number of furan rings is 1. The highest BCUT2D eigenvalue weighted by Gasteiger charge is 2.30. The lowest BCUT2D eigenvalue weighted by atomic mass is 9.98. The van der Waals surface area contributed by atoms with Crippen molar-refractivity contribution in [1.29, 1.82) is 5.26 Å². The van der Waals surface area contributed by atoms with Crippen molar-refractivity contribution in [3.63, 3.8) is 0 Å². The van der Waals surface area contributed by atoms with Crippen LogP contribution in [0.25, 0.3) is 0 Å². The van der Waals surface area contributed by atoms with Crippen molar-refractivity contribution in [1.82, 2.24) is 5.32 Å². The largest absolute Gasteiger partial charge is 0.469 e. The third-order valence-corrected chi connectivity index (χ3v) is 3.31. The molecule has 1 aromatic rings. The van der Waals surface area contributed by atoms with Crippen LogP contribution in [0.15, 0.2) is 16.7 Å². The summed E-state index contributed by atoms with van der Waals surface area (Å²) in [5, 5.41) is 11.7. The monoisotopic (exact) mass is 276 g/mol. The summed E-state index contributed by atoms with van der Waals surface area (Å²) in [7, 11) is 0. The zero-order valence-corrected chi connectivity index (χ0v) is 11.2. The van der Waals surface area contributed by atoms with Gasteiger partial charge in [-0.05, 0) is 25.8 Å². The number of amides is 1. The molecule has 1 amide bonds. The fourth-order valence-corrected chi connectivity index (χ4v) is 2.15. The second-order valence-electron chi connectivity index (χ2n) is 4.70. The maximum absolute atomic E-state index is 12.1. The number of aryl methyl sites for hydroxylation is 1. The minimum Gasteiger partial charge on any atom is -0.469 e. The fraction of sp³-hybridized carbons (Fsp3) is 0.500. The van der Waals surface area contributed by atoms with Crippen molar-refractivity contribution >= 4 is 11.7 Å². The number of rotatable bonds is 5. The molecule has 0 radical (unpaired) electrons. The lowest BCUT2D eigenvalue weighted by Gasteiger charge is -2.12. The summed E-state index contributed by atoms with van der Waals surface area (Å²) in [6.07, 6.45) is 3.19. The molecule has 1 saturated heterocycles. The van der Waals surface area contributed by atoms with Crippen LogP contribution in [-0.2, 0) is 9.53 Å². The van der Waals surface area contributed by atoms with E-state index in [1.54, 1.807) is 13.0 Å². The van der Waals surface area contributed by atoms with Gasteiger partial charge in [-0.15, -0.1) is 0 Å². The summed E-state index contributed by atoms with van der Waals surface area (Å²) in [5.41, 5.74) is 0.267. The van der Waals surface area contributed by atoms with Gasteiger partial charge in [0.1, 0.15) is 5.76 Å². The van der Waals surface area contributed by atoms with E-state index in [0.717, 1.165) is 12.8 Å². The van der Waals surface area contributed by atoms with Gasteiger partial charge in [-0.25, -0.2) is 0 Å². The Morgan fingerprint density at radius 2 is 2.40 bits per heavy atom. The fourth-order valence-electron chi connectivity index (χ4n) is 2.15. The van der Waals surface area contributed by atoms with Crippen LogP contribution in [-0.4, -0.2) is 30.9 Å². The summed E-state index contributed by atoms with van der Waals surface area (Å²) in [6, 6.07) is 3.22. The Hall–Kier alpha value is -2.13. The number of ketones is 1. The molecule has 1 aliphatic rings. The Balaban J connectivity index is 1.97. The molecule has 1 fully saturated rings. The topological polar surface area (TPSA) is 92.3 Å². The van der Waals surface area contributed by atoms with Crippen LogP contribution in [0.5, 0.6) is 0 Å². The molecule has 0 bridgehead atoms. The van der Waals surface area contributed by atoms with Crippen LogP contribution in [0.3, 0.4) is 0 Å². The first-order chi connectivity index (χ1) is 9.63. The summed E-state index contributed by atoms with van der Waals surface area (Å²) in [4.78, 5) is 24.1. The van der Waals surface area contributed by atoms with Gasteiger partial charge in [-0.3, -0.25) is 9.59 Å². The zero-order valence-electron chi connectivity index (χ0n) is 11.2. The van der Waals surface area contributed by atoms with Crippen LogP contribution >= 0.6 is 0 Å². The van der Waals surface area contributed by atoms with Crippen LogP contribution in [0, 0.1) is 24.2 Å². The maximum Gasteiger partial charge on any atom is 0.245 e. The molecule has 1 N–H and O–H groups in total. The number of hydrogen-bond donors (Lipinski definition) is 1. The number of carbonyl (C=O) groups excluding carboxylic acids is 2. The highest BCUT2D eigenvalue weighted by Crippen LogP contribution is 2.15. The third-order valence-electron chi connectivity index (χ3n) is 3.31. The Morgan fingerprint density at radius 3 is 2.95 bits per heavy atom. The van der Waals surface area contributed by atoms with Crippen LogP contribution in [0.1, 0.15) is 29.0 Å². The standard InChI is InChI=1S/C14H16N2O4/c1-9-11(4-6-19-9)13(17)12(7-15)14(18)16-8-10-3-2-5-20-10/h4,6,10,12H,2-3,5,8H2,1H3,(H,16,18). The van der Waals surface area contributed by atoms with Crippen molar-refractivity contribution < 1.29 is 18.7 Å². The van der Waals surface area contributed by atoms with Gasteiger partial charge in [0.15, 0.2) is 11.7 Å². The van der Waals surface area contributed by atoms with E-state index in [2.05, 4.69) is 5.32 Å². The first kappa shape index (κ1) is 14.3. The summed E-state index contributed by atoms with van der Waals surface area (Å²) in [5.74, 6) is -2.08. The van der Waals surface area contributed by atoms with E-state index < -0.39 is 17.6 Å². The molecule has 6 nitrogen and oxygen atoms in total. The third kappa shape index (κ3) is 3.06. The number of nitriles is 1. The molecule has 0 aromatic carbocycles. The Kier molecular flexibility index (Phi) is 4.53. The van der Waals surface area contributed by atoms with Gasteiger partial charge >= 0.3 is 0 Å². The molecule has 2 unspecified atom stereocenters. The second-order valence-corrected chi connectivity index (χ2v) is 4.70. The van der Waals surface area contributed by atoms with Crippen LogP contribution < -0.4 is 5.32 Å². The summed E-state index contributed by atoms with van der Waals surface area (Å²) >= 11 is 0. The average Bonchev–Trinajstić information content (AvgIpc) is 3.08. The molecule has 2 heterocycles. The number of ether oxygens (including phenoxy) is 1. The predicted molar refractivity (Wildman–Crippen MR) is 68.9 cm³/mol. The van der Waals surface area contributed by atoms with Crippen molar-refractivity contribution in [2.24, 2.45) is 5.92 Å². The summed E-state index contributed by atoms with van der Waals surface area (Å²) < 4.78 is 10.4. The Morgan fingerprint density at radius 1 is 1.60 bits per heavy atom. The molecule has 2 rings (SSSR count). The molecule has 1 aliphatic heterocycles. The quantitative estimate of drug-likeness (QED) is 0.644. The van der Waals surface area contributed by atoms with Crippen molar-refractivity contribution in [2.45, 2.75) is 25.9 Å². The molecular weight excluding hydrogens is 260 g/mol. The zero-order chi connectivity index (χ0) is 14.5. The summed E-state index contributed by atoms with van der Waals surface area (Å²) in [6.45, 7) is 2.63. The maximum atomic E-state index is 12.1. The van der Waals surface area contributed by atoms with E-state index in [0.29, 0.717) is 18.9 Å². The smallest absolute Gasteiger partial charge is 0.245 e. The highest BCUT2D eigenvalue weighted by molar-refractivity contribution is 6.12. The molecule has 1 aromatic heterocycles. The minimum absolute atomic E-state index is 0.0240.